The maximum absolute atomic E-state index is 13.7. The minimum absolute atomic E-state index is 0.0936. The van der Waals surface area contributed by atoms with E-state index in [4.69, 9.17) is 17.3 Å². The lowest BCUT2D eigenvalue weighted by Crippen LogP contribution is -2.52. The Bertz CT molecular complexity index is 1430. The Kier molecular flexibility index (Phi) is 7.70. The van der Waals surface area contributed by atoms with E-state index in [1.54, 1.807) is 29.2 Å². The van der Waals surface area contributed by atoms with Gasteiger partial charge in [-0.05, 0) is 42.0 Å². The number of nitrogens with one attached hydrogen (secondary N) is 1. The molecule has 8 nitrogen and oxygen atoms in total. The quantitative estimate of drug-likeness (QED) is 0.461. The largest absolute Gasteiger partial charge is 0.398 e. The molecule has 0 aromatic heterocycles. The van der Waals surface area contributed by atoms with Gasteiger partial charge >= 0.3 is 0 Å². The van der Waals surface area contributed by atoms with Crippen LogP contribution in [0.3, 0.4) is 0 Å². The zero-order valence-electron chi connectivity index (χ0n) is 20.0. The molecule has 37 heavy (non-hydrogen) atoms. The van der Waals surface area contributed by atoms with Gasteiger partial charge in [-0.15, -0.1) is 0 Å². The van der Waals surface area contributed by atoms with Gasteiger partial charge < -0.3 is 20.9 Å². The van der Waals surface area contributed by atoms with Gasteiger partial charge in [0.2, 0.25) is 5.91 Å². The number of nitrogens with zero attached hydrogens (tertiary/aromatic N) is 2. The molecule has 1 atom stereocenters. The van der Waals surface area contributed by atoms with Crippen LogP contribution in [-0.4, -0.2) is 57.6 Å². The van der Waals surface area contributed by atoms with Crippen LogP contribution in [0.2, 0.25) is 5.02 Å². The first-order chi connectivity index (χ1) is 17.5. The van der Waals surface area contributed by atoms with E-state index in [-0.39, 0.29) is 35.1 Å². The lowest BCUT2D eigenvalue weighted by molar-refractivity contribution is -0.133. The molecule has 194 valence electrons. The number of rotatable bonds is 6. The van der Waals surface area contributed by atoms with Crippen LogP contribution >= 0.6 is 11.6 Å². The summed E-state index contributed by atoms with van der Waals surface area (Å²) in [6.07, 6.45) is 1.03. The van der Waals surface area contributed by atoms with Crippen molar-refractivity contribution in [3.63, 3.8) is 0 Å². The zero-order chi connectivity index (χ0) is 26.7. The number of sulfone groups is 1. The Morgan fingerprint density at radius 3 is 2.30 bits per heavy atom. The summed E-state index contributed by atoms with van der Waals surface area (Å²) in [5.41, 5.74) is 7.36. The van der Waals surface area contributed by atoms with Crippen molar-refractivity contribution in [1.82, 2.24) is 10.2 Å². The fourth-order valence-electron chi connectivity index (χ4n) is 4.23. The van der Waals surface area contributed by atoms with Crippen LogP contribution in [0.1, 0.15) is 22.0 Å². The predicted octanol–water partition coefficient (Wildman–Crippen LogP) is 3.28. The molecule has 0 radical (unpaired) electrons. The zero-order valence-corrected chi connectivity index (χ0v) is 21.6. The summed E-state index contributed by atoms with van der Waals surface area (Å²) in [5, 5.41) is 3.13. The molecule has 0 unspecified atom stereocenters. The van der Waals surface area contributed by atoms with Crippen molar-refractivity contribution in [3.8, 4) is 0 Å². The highest BCUT2D eigenvalue weighted by Crippen LogP contribution is 2.28. The van der Waals surface area contributed by atoms with Crippen LogP contribution < -0.4 is 16.0 Å². The van der Waals surface area contributed by atoms with Gasteiger partial charge in [-0.3, -0.25) is 9.59 Å². The SMILES string of the molecule is CS(=O)(=O)c1cc(F)ccc1N1CCN(C(=O)[C@@H](NC(=O)c2ccc(Cl)c(N)c2)c2ccccc2)CC1. The van der Waals surface area contributed by atoms with Crippen molar-refractivity contribution < 1.29 is 22.4 Å². The molecule has 1 fully saturated rings. The van der Waals surface area contributed by atoms with Crippen molar-refractivity contribution in [2.75, 3.05) is 43.1 Å². The molecule has 3 N–H and O–H groups in total. The van der Waals surface area contributed by atoms with Gasteiger partial charge in [-0.25, -0.2) is 12.8 Å². The average molecular weight is 545 g/mol. The molecule has 0 spiro atoms. The highest BCUT2D eigenvalue weighted by Gasteiger charge is 2.31. The van der Waals surface area contributed by atoms with E-state index in [0.717, 1.165) is 12.3 Å². The van der Waals surface area contributed by atoms with E-state index >= 15 is 0 Å². The highest BCUT2D eigenvalue weighted by atomic mass is 35.5. The van der Waals surface area contributed by atoms with Gasteiger partial charge in [-0.2, -0.15) is 0 Å². The highest BCUT2D eigenvalue weighted by molar-refractivity contribution is 7.90. The summed E-state index contributed by atoms with van der Waals surface area (Å²) in [5.74, 6) is -1.42. The third-order valence-electron chi connectivity index (χ3n) is 6.17. The van der Waals surface area contributed by atoms with Crippen molar-refractivity contribution >= 4 is 44.6 Å². The van der Waals surface area contributed by atoms with Crippen LogP contribution in [0.25, 0.3) is 0 Å². The lowest BCUT2D eigenvalue weighted by Gasteiger charge is -2.38. The number of hydrogen-bond acceptors (Lipinski definition) is 6. The van der Waals surface area contributed by atoms with Crippen molar-refractivity contribution in [3.05, 3.63) is 88.7 Å². The maximum atomic E-state index is 13.7. The first-order valence-corrected chi connectivity index (χ1v) is 13.8. The minimum atomic E-state index is -3.66. The molecule has 0 bridgehead atoms. The van der Waals surface area contributed by atoms with E-state index in [2.05, 4.69) is 5.32 Å². The topological polar surface area (TPSA) is 113 Å². The van der Waals surface area contributed by atoms with Gasteiger partial charge in [0, 0.05) is 38.0 Å². The van der Waals surface area contributed by atoms with Crippen LogP contribution in [-0.2, 0) is 14.6 Å². The third-order valence-corrected chi connectivity index (χ3v) is 7.64. The van der Waals surface area contributed by atoms with Gasteiger partial charge in [0.25, 0.3) is 5.91 Å². The molecule has 1 saturated heterocycles. The number of nitrogens with two attached hydrogens (primary N) is 1. The Labute approximate surface area is 219 Å². The Morgan fingerprint density at radius 2 is 1.68 bits per heavy atom. The molecular weight excluding hydrogens is 519 g/mol. The number of carbonyl (C=O) groups is 2. The van der Waals surface area contributed by atoms with Gasteiger partial charge in [0.05, 0.1) is 21.3 Å². The van der Waals surface area contributed by atoms with Crippen molar-refractivity contribution in [1.29, 1.82) is 0 Å². The predicted molar refractivity (Wildman–Crippen MR) is 141 cm³/mol. The fraction of sp³-hybridized carbons (Fsp3) is 0.231. The van der Waals surface area contributed by atoms with Gasteiger partial charge in [0.1, 0.15) is 11.9 Å². The number of amides is 2. The third kappa shape index (κ3) is 6.03. The number of benzene rings is 3. The van der Waals surface area contributed by atoms with E-state index in [1.165, 1.54) is 30.3 Å². The van der Waals surface area contributed by atoms with E-state index < -0.39 is 27.6 Å². The number of halogens is 2. The molecule has 11 heteroatoms. The fourth-order valence-corrected chi connectivity index (χ4v) is 5.25. The summed E-state index contributed by atoms with van der Waals surface area (Å²) in [6, 6.07) is 16.1. The van der Waals surface area contributed by atoms with Crippen LogP contribution in [0, 0.1) is 5.82 Å². The Hall–Kier alpha value is -3.63. The normalized spacial score (nSPS) is 14.8. The summed E-state index contributed by atoms with van der Waals surface area (Å²) in [4.78, 5) is 29.9. The van der Waals surface area contributed by atoms with Crippen molar-refractivity contribution in [2.24, 2.45) is 0 Å². The molecule has 3 aromatic rings. The van der Waals surface area contributed by atoms with E-state index in [1.807, 2.05) is 11.0 Å². The minimum Gasteiger partial charge on any atom is -0.398 e. The summed E-state index contributed by atoms with van der Waals surface area (Å²) < 4.78 is 38.2. The van der Waals surface area contributed by atoms with Gasteiger partial charge in [-0.1, -0.05) is 41.9 Å². The number of hydrogen-bond donors (Lipinski definition) is 2. The van der Waals surface area contributed by atoms with Crippen LogP contribution in [0.5, 0.6) is 0 Å². The second-order valence-electron chi connectivity index (χ2n) is 8.75. The van der Waals surface area contributed by atoms with E-state index in [0.29, 0.717) is 29.4 Å². The first kappa shape index (κ1) is 26.4. The molecule has 4 rings (SSSR count). The summed E-state index contributed by atoms with van der Waals surface area (Å²) in [7, 11) is -3.66. The molecule has 1 heterocycles. The summed E-state index contributed by atoms with van der Waals surface area (Å²) >= 11 is 5.96. The molecule has 0 saturated carbocycles. The molecular formula is C26H26ClFN4O4S. The molecule has 0 aliphatic carbocycles. The monoisotopic (exact) mass is 544 g/mol. The average Bonchev–Trinajstić information content (AvgIpc) is 2.88. The second-order valence-corrected chi connectivity index (χ2v) is 11.1. The smallest absolute Gasteiger partial charge is 0.252 e. The summed E-state index contributed by atoms with van der Waals surface area (Å²) in [6.45, 7) is 1.24. The number of anilines is 2. The standard InChI is InChI=1S/C26H26ClFN4O4S/c1-37(35,36)23-16-19(28)8-10-22(23)31-11-13-32(14-12-31)26(34)24(17-5-3-2-4-6-17)30-25(33)18-7-9-20(27)21(29)15-18/h2-10,15-16,24H,11-14,29H2,1H3,(H,30,33)/t24-/m0/s1. The van der Waals surface area contributed by atoms with Crippen LogP contribution in [0.4, 0.5) is 15.8 Å². The van der Waals surface area contributed by atoms with Gasteiger partial charge in [0.15, 0.2) is 9.84 Å². The number of carbonyl (C=O) groups excluding carboxylic acids is 2. The maximum Gasteiger partial charge on any atom is 0.252 e. The molecule has 1 aliphatic rings. The Morgan fingerprint density at radius 1 is 1.00 bits per heavy atom. The second kappa shape index (κ2) is 10.8. The van der Waals surface area contributed by atoms with Crippen LogP contribution in [0.15, 0.2) is 71.6 Å². The Balaban J connectivity index is 1.53. The molecule has 1 aliphatic heterocycles. The van der Waals surface area contributed by atoms with E-state index in [9.17, 15) is 22.4 Å². The first-order valence-electron chi connectivity index (χ1n) is 11.5. The lowest BCUT2D eigenvalue weighted by atomic mass is 10.0. The molecule has 3 aromatic carbocycles. The number of nitrogen functional groups attached to an aromatic ring is 1. The molecule has 2 amide bonds. The number of piperazine rings is 1. The van der Waals surface area contributed by atoms with Crippen molar-refractivity contribution in [2.45, 2.75) is 10.9 Å².